The van der Waals surface area contributed by atoms with Crippen LogP contribution in [0, 0.1) is 6.92 Å². The van der Waals surface area contributed by atoms with Gasteiger partial charge in [-0.1, -0.05) is 6.07 Å². The van der Waals surface area contributed by atoms with Gasteiger partial charge in [0.1, 0.15) is 5.69 Å². The highest BCUT2D eigenvalue weighted by Crippen LogP contribution is 2.33. The van der Waals surface area contributed by atoms with Gasteiger partial charge in [0, 0.05) is 11.0 Å². The summed E-state index contributed by atoms with van der Waals surface area (Å²) in [5.74, 6) is -1.68. The van der Waals surface area contributed by atoms with Gasteiger partial charge in [-0.15, -0.1) is 11.8 Å². The average molecular weight is 343 g/mol. The number of nitrogens with one attached hydrogen (secondary N) is 2. The molecule has 0 atom stereocenters. The fraction of sp³-hybridized carbons (Fsp3) is 0.214. The van der Waals surface area contributed by atoms with Gasteiger partial charge in [0.05, 0.1) is 11.4 Å². The average Bonchev–Trinajstić information content (AvgIpc) is 2.46. The number of benzene rings is 1. The van der Waals surface area contributed by atoms with Crippen molar-refractivity contribution in [1.29, 1.82) is 0 Å². The van der Waals surface area contributed by atoms with Crippen LogP contribution < -0.4 is 10.9 Å². The molecule has 0 unspecified atom stereocenters. The molecule has 5 nitrogen and oxygen atoms in total. The van der Waals surface area contributed by atoms with Crippen LogP contribution in [-0.2, 0) is 0 Å². The number of rotatable bonds is 4. The van der Waals surface area contributed by atoms with Crippen LogP contribution in [0.1, 0.15) is 16.1 Å². The number of aryl methyl sites for hydroxylation is 1. The molecule has 122 valence electrons. The number of amides is 1. The molecule has 0 bridgehead atoms. The molecule has 0 radical (unpaired) electrons. The van der Waals surface area contributed by atoms with E-state index in [1.165, 1.54) is 12.1 Å². The first-order valence-electron chi connectivity index (χ1n) is 6.42. The lowest BCUT2D eigenvalue weighted by Gasteiger charge is -2.12. The third-order valence-corrected chi connectivity index (χ3v) is 3.83. The molecule has 0 fully saturated rings. The summed E-state index contributed by atoms with van der Waals surface area (Å²) >= 11 is 0.584. The van der Waals surface area contributed by atoms with E-state index in [0.717, 1.165) is 11.6 Å². The fourth-order valence-electron chi connectivity index (χ4n) is 1.68. The van der Waals surface area contributed by atoms with Crippen molar-refractivity contribution in [3.63, 3.8) is 0 Å². The Kier molecular flexibility index (Phi) is 5.09. The lowest BCUT2D eigenvalue weighted by Crippen LogP contribution is -2.18. The quantitative estimate of drug-likeness (QED) is 0.837. The third-order valence-electron chi connectivity index (χ3n) is 2.69. The Morgan fingerprint density at radius 2 is 2.04 bits per heavy atom. The summed E-state index contributed by atoms with van der Waals surface area (Å²) < 4.78 is 37.1. The number of aromatic nitrogens is 2. The maximum Gasteiger partial charge on any atom is 0.398 e. The summed E-state index contributed by atoms with van der Waals surface area (Å²) in [5, 5.41) is 8.20. The minimum absolute atomic E-state index is 0.0436. The van der Waals surface area contributed by atoms with Crippen molar-refractivity contribution in [2.24, 2.45) is 0 Å². The maximum absolute atomic E-state index is 12.4. The molecule has 9 heteroatoms. The molecule has 1 aromatic heterocycles. The van der Waals surface area contributed by atoms with Gasteiger partial charge in [0.15, 0.2) is 0 Å². The molecule has 2 N–H and O–H groups in total. The van der Waals surface area contributed by atoms with Crippen molar-refractivity contribution in [2.45, 2.75) is 18.0 Å². The Hall–Kier alpha value is -2.29. The van der Waals surface area contributed by atoms with E-state index in [1.54, 1.807) is 19.1 Å². The van der Waals surface area contributed by atoms with E-state index in [2.05, 4.69) is 15.5 Å². The van der Waals surface area contributed by atoms with Crippen LogP contribution in [0.2, 0.25) is 0 Å². The van der Waals surface area contributed by atoms with Crippen molar-refractivity contribution in [3.8, 4) is 0 Å². The lowest BCUT2D eigenvalue weighted by atomic mass is 10.2. The van der Waals surface area contributed by atoms with Gasteiger partial charge < -0.3 is 5.32 Å². The zero-order chi connectivity index (χ0) is 17.0. The van der Waals surface area contributed by atoms with Gasteiger partial charge in [0.25, 0.3) is 11.5 Å². The van der Waals surface area contributed by atoms with Crippen LogP contribution in [-0.4, -0.2) is 28.0 Å². The SMILES string of the molecule is Cc1ccc(SCC(F)(F)F)c(NC(=O)c2ccc(=O)[nH]n2)c1. The molecule has 0 aliphatic carbocycles. The number of carbonyl (C=O) groups is 1. The van der Waals surface area contributed by atoms with Crippen molar-refractivity contribution >= 4 is 23.4 Å². The molecular weight excluding hydrogens is 331 g/mol. The van der Waals surface area contributed by atoms with Crippen LogP contribution in [0.5, 0.6) is 0 Å². The summed E-state index contributed by atoms with van der Waals surface area (Å²) in [7, 11) is 0. The fourth-order valence-corrected chi connectivity index (χ4v) is 2.43. The highest BCUT2D eigenvalue weighted by molar-refractivity contribution is 7.99. The van der Waals surface area contributed by atoms with Crippen molar-refractivity contribution in [2.75, 3.05) is 11.1 Å². The summed E-state index contributed by atoms with van der Waals surface area (Å²) in [4.78, 5) is 23.3. The number of alkyl halides is 3. The maximum atomic E-state index is 12.4. The van der Waals surface area contributed by atoms with Gasteiger partial charge in [-0.25, -0.2) is 5.10 Å². The number of nitrogens with zero attached hydrogens (tertiary/aromatic N) is 1. The second-order valence-corrected chi connectivity index (χ2v) is 5.68. The van der Waals surface area contributed by atoms with Gasteiger partial charge in [-0.2, -0.15) is 18.3 Å². The number of thioether (sulfide) groups is 1. The summed E-state index contributed by atoms with van der Waals surface area (Å²) in [6, 6.07) is 7.11. The second kappa shape index (κ2) is 6.86. The summed E-state index contributed by atoms with van der Waals surface area (Å²) in [5.41, 5.74) is 0.541. The Balaban J connectivity index is 2.20. The Bertz CT molecular complexity index is 754. The van der Waals surface area contributed by atoms with Crippen LogP contribution in [0.25, 0.3) is 0 Å². The number of halogens is 3. The van der Waals surface area contributed by atoms with E-state index in [1.807, 2.05) is 0 Å². The monoisotopic (exact) mass is 343 g/mol. The first kappa shape index (κ1) is 17.1. The minimum Gasteiger partial charge on any atom is -0.320 e. The smallest absolute Gasteiger partial charge is 0.320 e. The molecule has 23 heavy (non-hydrogen) atoms. The number of H-pyrrole nitrogens is 1. The number of aromatic amines is 1. The molecular formula is C14H12F3N3O2S. The van der Waals surface area contributed by atoms with Crippen molar-refractivity contribution in [3.05, 3.63) is 51.9 Å². The van der Waals surface area contributed by atoms with Crippen molar-refractivity contribution in [1.82, 2.24) is 10.2 Å². The molecule has 1 amide bonds. The first-order valence-corrected chi connectivity index (χ1v) is 7.40. The standard InChI is InChI=1S/C14H12F3N3O2S/c1-8-2-4-11(23-7-14(15,16)17)10(6-8)18-13(22)9-3-5-12(21)20-19-9/h2-6H,7H2,1H3,(H,18,22)(H,20,21). The lowest BCUT2D eigenvalue weighted by molar-refractivity contribution is -0.105. The molecule has 1 heterocycles. The minimum atomic E-state index is -4.31. The van der Waals surface area contributed by atoms with Gasteiger partial charge in [-0.05, 0) is 30.7 Å². The Morgan fingerprint density at radius 3 is 2.65 bits per heavy atom. The van der Waals surface area contributed by atoms with E-state index in [-0.39, 0.29) is 11.4 Å². The Morgan fingerprint density at radius 1 is 1.30 bits per heavy atom. The summed E-state index contributed by atoms with van der Waals surface area (Å²) in [6.07, 6.45) is -4.31. The molecule has 0 spiro atoms. The first-order chi connectivity index (χ1) is 10.7. The van der Waals surface area contributed by atoms with Crippen molar-refractivity contribution < 1.29 is 18.0 Å². The number of anilines is 1. The molecule has 0 saturated carbocycles. The normalized spacial score (nSPS) is 11.3. The third kappa shape index (κ3) is 5.13. The Labute approximate surface area is 133 Å². The highest BCUT2D eigenvalue weighted by atomic mass is 32.2. The number of hydrogen-bond donors (Lipinski definition) is 2. The largest absolute Gasteiger partial charge is 0.398 e. The van der Waals surface area contributed by atoms with E-state index in [0.29, 0.717) is 16.7 Å². The van der Waals surface area contributed by atoms with E-state index in [4.69, 9.17) is 0 Å². The van der Waals surface area contributed by atoms with Gasteiger partial charge in [-0.3, -0.25) is 9.59 Å². The highest BCUT2D eigenvalue weighted by Gasteiger charge is 2.27. The van der Waals surface area contributed by atoms with E-state index < -0.39 is 23.4 Å². The number of carbonyl (C=O) groups excluding carboxylic acids is 1. The molecule has 0 aliphatic heterocycles. The molecule has 1 aromatic carbocycles. The molecule has 2 aromatic rings. The topological polar surface area (TPSA) is 74.8 Å². The van der Waals surface area contributed by atoms with Crippen LogP contribution >= 0.6 is 11.8 Å². The predicted molar refractivity (Wildman–Crippen MR) is 80.8 cm³/mol. The van der Waals surface area contributed by atoms with Crippen LogP contribution in [0.4, 0.5) is 18.9 Å². The second-order valence-electron chi connectivity index (χ2n) is 4.66. The predicted octanol–water partition coefficient (Wildman–Crippen LogP) is 2.99. The van der Waals surface area contributed by atoms with Gasteiger partial charge in [0.2, 0.25) is 0 Å². The molecule has 0 aliphatic rings. The zero-order valence-corrected chi connectivity index (χ0v) is 12.7. The van der Waals surface area contributed by atoms with Crippen LogP contribution in [0.3, 0.4) is 0 Å². The van der Waals surface area contributed by atoms with E-state index >= 15 is 0 Å². The van der Waals surface area contributed by atoms with Crippen LogP contribution in [0.15, 0.2) is 40.0 Å². The zero-order valence-electron chi connectivity index (χ0n) is 11.9. The number of hydrogen-bond acceptors (Lipinski definition) is 4. The van der Waals surface area contributed by atoms with Gasteiger partial charge >= 0.3 is 6.18 Å². The van der Waals surface area contributed by atoms with E-state index in [9.17, 15) is 22.8 Å². The molecule has 0 saturated heterocycles. The molecule has 2 rings (SSSR count). The summed E-state index contributed by atoms with van der Waals surface area (Å²) in [6.45, 7) is 1.76.